The number of rotatable bonds is 5. The average Bonchev–Trinajstić information content (AvgIpc) is 2.25. The molecule has 0 fully saturated rings. The van der Waals surface area contributed by atoms with Gasteiger partial charge < -0.3 is 10.6 Å². The maximum atomic E-state index is 12.6. The van der Waals surface area contributed by atoms with Crippen molar-refractivity contribution in [1.82, 2.24) is 9.97 Å². The van der Waals surface area contributed by atoms with E-state index in [0.717, 1.165) is 0 Å². The molecule has 0 radical (unpaired) electrons. The Morgan fingerprint density at radius 3 is 2.41 bits per heavy atom. The van der Waals surface area contributed by atoms with Crippen LogP contribution in [0.15, 0.2) is 6.07 Å². The lowest BCUT2D eigenvalue weighted by Crippen LogP contribution is -2.35. The zero-order valence-electron chi connectivity index (χ0n) is 9.27. The van der Waals surface area contributed by atoms with Gasteiger partial charge in [-0.05, 0) is 6.92 Å². The van der Waals surface area contributed by atoms with Gasteiger partial charge in [-0.15, -0.1) is 0 Å². The number of nitrogens with zero attached hydrogens (tertiary/aromatic N) is 2. The van der Waals surface area contributed by atoms with Gasteiger partial charge in [0.25, 0.3) is 0 Å². The SMILES string of the molecule is CNc1cc(NCC(F)(F)C(F)F)nc(C)n1. The summed E-state index contributed by atoms with van der Waals surface area (Å²) in [5.41, 5.74) is 0. The number of hydrogen-bond acceptors (Lipinski definition) is 4. The summed E-state index contributed by atoms with van der Waals surface area (Å²) in [6.07, 6.45) is -3.71. The van der Waals surface area contributed by atoms with Gasteiger partial charge in [0.1, 0.15) is 17.5 Å². The third-order valence-electron chi connectivity index (χ3n) is 1.92. The molecule has 2 N–H and O–H groups in total. The van der Waals surface area contributed by atoms with Gasteiger partial charge in [-0.1, -0.05) is 0 Å². The third kappa shape index (κ3) is 3.72. The summed E-state index contributed by atoms with van der Waals surface area (Å²) in [6, 6.07) is 1.36. The zero-order chi connectivity index (χ0) is 13.1. The summed E-state index contributed by atoms with van der Waals surface area (Å²) in [6.45, 7) is 0.390. The maximum absolute atomic E-state index is 12.6. The standard InChI is InChI=1S/C9H12F4N4/c1-5-16-6(14-2)3-7(17-5)15-4-9(12,13)8(10)11/h3,8H,4H2,1-2H3,(H2,14,15,16,17). The summed E-state index contributed by atoms with van der Waals surface area (Å²) in [5, 5.41) is 4.86. The van der Waals surface area contributed by atoms with E-state index in [2.05, 4.69) is 20.6 Å². The maximum Gasteiger partial charge on any atom is 0.324 e. The van der Waals surface area contributed by atoms with Crippen molar-refractivity contribution in [3.05, 3.63) is 11.9 Å². The Labute approximate surface area is 95.5 Å². The Bertz CT molecular complexity index is 383. The van der Waals surface area contributed by atoms with Crippen molar-refractivity contribution in [3.8, 4) is 0 Å². The molecule has 0 saturated heterocycles. The van der Waals surface area contributed by atoms with Crippen molar-refractivity contribution >= 4 is 11.6 Å². The first-order valence-corrected chi connectivity index (χ1v) is 4.78. The Hall–Kier alpha value is -1.60. The average molecular weight is 252 g/mol. The van der Waals surface area contributed by atoms with E-state index in [1.54, 1.807) is 14.0 Å². The highest BCUT2D eigenvalue weighted by molar-refractivity contribution is 5.47. The first kappa shape index (κ1) is 13.5. The summed E-state index contributed by atoms with van der Waals surface area (Å²) in [7, 11) is 1.60. The van der Waals surface area contributed by atoms with E-state index in [-0.39, 0.29) is 5.82 Å². The number of alkyl halides is 4. The molecule has 8 heteroatoms. The van der Waals surface area contributed by atoms with Crippen LogP contribution in [0.4, 0.5) is 29.2 Å². The molecule has 0 aliphatic rings. The number of hydrogen-bond donors (Lipinski definition) is 2. The van der Waals surface area contributed by atoms with E-state index in [0.29, 0.717) is 11.6 Å². The molecule has 96 valence electrons. The molecule has 0 bridgehead atoms. The molecule has 4 nitrogen and oxygen atoms in total. The van der Waals surface area contributed by atoms with Crippen LogP contribution in [-0.2, 0) is 0 Å². The van der Waals surface area contributed by atoms with Gasteiger partial charge in [0.2, 0.25) is 0 Å². The minimum absolute atomic E-state index is 0.0715. The Balaban J connectivity index is 2.72. The Kier molecular flexibility index (Phi) is 4.08. The predicted octanol–water partition coefficient (Wildman–Crippen LogP) is 2.14. The number of aryl methyl sites for hydroxylation is 1. The molecule has 1 aromatic rings. The van der Waals surface area contributed by atoms with Crippen LogP contribution in [0, 0.1) is 6.92 Å². The highest BCUT2D eigenvalue weighted by atomic mass is 19.3. The smallest absolute Gasteiger partial charge is 0.324 e. The molecule has 17 heavy (non-hydrogen) atoms. The van der Waals surface area contributed by atoms with E-state index in [4.69, 9.17) is 0 Å². The molecule has 0 spiro atoms. The van der Waals surface area contributed by atoms with Crippen LogP contribution >= 0.6 is 0 Å². The summed E-state index contributed by atoms with van der Waals surface area (Å²) >= 11 is 0. The molecule has 0 atom stereocenters. The second-order valence-corrected chi connectivity index (χ2v) is 3.35. The highest BCUT2D eigenvalue weighted by Gasteiger charge is 2.40. The molecule has 0 aromatic carbocycles. The second-order valence-electron chi connectivity index (χ2n) is 3.35. The van der Waals surface area contributed by atoms with Crippen molar-refractivity contribution in [2.75, 3.05) is 24.2 Å². The second kappa shape index (κ2) is 5.15. The van der Waals surface area contributed by atoms with E-state index in [1.165, 1.54) is 6.07 Å². The summed E-state index contributed by atoms with van der Waals surface area (Å²) in [4.78, 5) is 7.74. The zero-order valence-corrected chi connectivity index (χ0v) is 9.27. The van der Waals surface area contributed by atoms with E-state index in [9.17, 15) is 17.6 Å². The number of aromatic nitrogens is 2. The van der Waals surface area contributed by atoms with Crippen molar-refractivity contribution < 1.29 is 17.6 Å². The fraction of sp³-hybridized carbons (Fsp3) is 0.556. The largest absolute Gasteiger partial charge is 0.373 e. The van der Waals surface area contributed by atoms with Crippen LogP contribution in [0.2, 0.25) is 0 Å². The molecule has 0 amide bonds. The van der Waals surface area contributed by atoms with E-state index < -0.39 is 18.9 Å². The minimum Gasteiger partial charge on any atom is -0.373 e. The van der Waals surface area contributed by atoms with E-state index in [1.807, 2.05) is 0 Å². The molecule has 0 aliphatic heterocycles. The van der Waals surface area contributed by atoms with Crippen molar-refractivity contribution in [1.29, 1.82) is 0 Å². The third-order valence-corrected chi connectivity index (χ3v) is 1.92. The van der Waals surface area contributed by atoms with Gasteiger partial charge in [0.15, 0.2) is 0 Å². The van der Waals surface area contributed by atoms with Gasteiger partial charge in [0, 0.05) is 13.1 Å². The topological polar surface area (TPSA) is 49.8 Å². The van der Waals surface area contributed by atoms with Crippen LogP contribution < -0.4 is 10.6 Å². The Morgan fingerprint density at radius 2 is 1.88 bits per heavy atom. The van der Waals surface area contributed by atoms with Gasteiger partial charge in [-0.2, -0.15) is 8.78 Å². The van der Waals surface area contributed by atoms with Gasteiger partial charge in [-0.3, -0.25) is 0 Å². The van der Waals surface area contributed by atoms with Crippen LogP contribution in [-0.4, -0.2) is 35.9 Å². The van der Waals surface area contributed by atoms with Gasteiger partial charge >= 0.3 is 12.3 Å². The van der Waals surface area contributed by atoms with Crippen LogP contribution in [0.25, 0.3) is 0 Å². The van der Waals surface area contributed by atoms with E-state index >= 15 is 0 Å². The molecule has 1 rings (SSSR count). The first-order chi connectivity index (χ1) is 7.85. The number of nitrogens with one attached hydrogen (secondary N) is 2. The minimum atomic E-state index is -4.08. The predicted molar refractivity (Wildman–Crippen MR) is 55.8 cm³/mol. The molecular formula is C9H12F4N4. The molecule has 1 aromatic heterocycles. The molecule has 0 unspecified atom stereocenters. The van der Waals surface area contributed by atoms with Crippen molar-refractivity contribution in [2.24, 2.45) is 0 Å². The molecule has 1 heterocycles. The first-order valence-electron chi connectivity index (χ1n) is 4.78. The van der Waals surface area contributed by atoms with Gasteiger partial charge in [-0.25, -0.2) is 18.7 Å². The lowest BCUT2D eigenvalue weighted by molar-refractivity contribution is -0.117. The summed E-state index contributed by atoms with van der Waals surface area (Å²) < 4.78 is 49.1. The lowest BCUT2D eigenvalue weighted by Gasteiger charge is -2.16. The highest BCUT2D eigenvalue weighted by Crippen LogP contribution is 2.23. The lowest BCUT2D eigenvalue weighted by atomic mass is 10.3. The monoisotopic (exact) mass is 252 g/mol. The quantitative estimate of drug-likeness (QED) is 0.788. The molecule has 0 saturated carbocycles. The number of halogens is 4. The normalized spacial score (nSPS) is 11.7. The fourth-order valence-corrected chi connectivity index (χ4v) is 1.07. The van der Waals surface area contributed by atoms with Crippen LogP contribution in [0.1, 0.15) is 5.82 Å². The van der Waals surface area contributed by atoms with Crippen molar-refractivity contribution in [2.45, 2.75) is 19.3 Å². The summed E-state index contributed by atoms with van der Waals surface area (Å²) in [5.74, 6) is -3.25. The molecule has 0 aliphatic carbocycles. The van der Waals surface area contributed by atoms with Crippen LogP contribution in [0.3, 0.4) is 0 Å². The van der Waals surface area contributed by atoms with Crippen molar-refractivity contribution in [3.63, 3.8) is 0 Å². The van der Waals surface area contributed by atoms with Gasteiger partial charge in [0.05, 0.1) is 6.54 Å². The molecular weight excluding hydrogens is 240 g/mol. The number of anilines is 2. The van der Waals surface area contributed by atoms with Crippen LogP contribution in [0.5, 0.6) is 0 Å². The Morgan fingerprint density at radius 1 is 1.29 bits per heavy atom. The fourth-order valence-electron chi connectivity index (χ4n) is 1.07.